The summed E-state index contributed by atoms with van der Waals surface area (Å²) in [4.78, 5) is 0. The Morgan fingerprint density at radius 3 is 2.69 bits per heavy atom. The van der Waals surface area contributed by atoms with E-state index in [0.29, 0.717) is 6.54 Å². The maximum atomic E-state index is 9.09. The van der Waals surface area contributed by atoms with Crippen molar-refractivity contribution in [3.63, 3.8) is 0 Å². The van der Waals surface area contributed by atoms with E-state index in [9.17, 15) is 0 Å². The van der Waals surface area contributed by atoms with Gasteiger partial charge in [0.25, 0.3) is 0 Å². The van der Waals surface area contributed by atoms with Gasteiger partial charge in [-0.05, 0) is 42.6 Å². The van der Waals surface area contributed by atoms with Crippen LogP contribution in [-0.4, -0.2) is 11.7 Å². The summed E-state index contributed by atoms with van der Waals surface area (Å²) >= 11 is 3.37. The van der Waals surface area contributed by atoms with Crippen molar-refractivity contribution in [1.29, 1.82) is 0 Å². The number of nitrogens with two attached hydrogens (primary N) is 1. The van der Waals surface area contributed by atoms with Gasteiger partial charge in [0.2, 0.25) is 0 Å². The first-order chi connectivity index (χ1) is 6.27. The van der Waals surface area contributed by atoms with Crippen LogP contribution in [0.15, 0.2) is 22.7 Å². The maximum Gasteiger partial charge on any atom is 0.0684 e. The molecule has 0 bridgehead atoms. The molecule has 3 heteroatoms. The van der Waals surface area contributed by atoms with E-state index in [-0.39, 0.29) is 6.61 Å². The molecule has 1 rings (SSSR count). The number of aliphatic hydroxyl groups is 1. The molecule has 0 aromatic heterocycles. The van der Waals surface area contributed by atoms with Gasteiger partial charge in [-0.3, -0.25) is 0 Å². The highest BCUT2D eigenvalue weighted by molar-refractivity contribution is 9.10. The van der Waals surface area contributed by atoms with Crippen molar-refractivity contribution in [2.45, 2.75) is 19.4 Å². The highest BCUT2D eigenvalue weighted by atomic mass is 79.9. The van der Waals surface area contributed by atoms with Gasteiger partial charge in [-0.25, -0.2) is 0 Å². The molecule has 0 spiro atoms. The Morgan fingerprint density at radius 2 is 2.08 bits per heavy atom. The van der Waals surface area contributed by atoms with Crippen molar-refractivity contribution in [2.24, 2.45) is 5.73 Å². The summed E-state index contributed by atoms with van der Waals surface area (Å²) in [7, 11) is 0. The van der Waals surface area contributed by atoms with Crippen molar-refractivity contribution < 1.29 is 5.11 Å². The molecule has 0 radical (unpaired) electrons. The Hall–Kier alpha value is -0.380. The normalized spacial score (nSPS) is 10.4. The van der Waals surface area contributed by atoms with Crippen LogP contribution in [0.1, 0.15) is 17.5 Å². The molecule has 1 aromatic carbocycles. The third-order valence-corrected chi connectivity index (χ3v) is 2.48. The SMILES string of the molecule is NCCCc1ccc(Br)cc1CO. The number of rotatable bonds is 4. The van der Waals surface area contributed by atoms with Gasteiger partial charge in [0.05, 0.1) is 6.61 Å². The van der Waals surface area contributed by atoms with Gasteiger partial charge < -0.3 is 10.8 Å². The fourth-order valence-corrected chi connectivity index (χ4v) is 1.69. The number of halogens is 1. The minimum atomic E-state index is 0.0966. The van der Waals surface area contributed by atoms with Gasteiger partial charge in [0, 0.05) is 4.47 Å². The van der Waals surface area contributed by atoms with Gasteiger partial charge in [-0.2, -0.15) is 0 Å². The molecule has 0 amide bonds. The highest BCUT2D eigenvalue weighted by Crippen LogP contribution is 2.17. The zero-order chi connectivity index (χ0) is 9.68. The molecule has 0 aliphatic heterocycles. The molecule has 3 N–H and O–H groups in total. The van der Waals surface area contributed by atoms with Crippen LogP contribution in [0.2, 0.25) is 0 Å². The van der Waals surface area contributed by atoms with Gasteiger partial charge >= 0.3 is 0 Å². The number of aliphatic hydroxyl groups excluding tert-OH is 1. The topological polar surface area (TPSA) is 46.2 Å². The van der Waals surface area contributed by atoms with Crippen molar-refractivity contribution in [1.82, 2.24) is 0 Å². The van der Waals surface area contributed by atoms with E-state index in [0.717, 1.165) is 22.9 Å². The minimum Gasteiger partial charge on any atom is -0.392 e. The largest absolute Gasteiger partial charge is 0.392 e. The molecule has 0 saturated heterocycles. The van der Waals surface area contributed by atoms with Gasteiger partial charge in [-0.1, -0.05) is 22.0 Å². The number of hydrogen-bond donors (Lipinski definition) is 2. The van der Waals surface area contributed by atoms with E-state index >= 15 is 0 Å². The second kappa shape index (κ2) is 5.37. The molecule has 0 aliphatic carbocycles. The Morgan fingerprint density at radius 1 is 1.31 bits per heavy atom. The van der Waals surface area contributed by atoms with E-state index in [1.54, 1.807) is 0 Å². The van der Waals surface area contributed by atoms with Crippen molar-refractivity contribution in [3.8, 4) is 0 Å². The Labute approximate surface area is 86.9 Å². The molecule has 0 fully saturated rings. The van der Waals surface area contributed by atoms with Crippen LogP contribution in [-0.2, 0) is 13.0 Å². The van der Waals surface area contributed by atoms with Crippen LogP contribution in [0.3, 0.4) is 0 Å². The van der Waals surface area contributed by atoms with Crippen molar-refractivity contribution >= 4 is 15.9 Å². The van der Waals surface area contributed by atoms with Crippen LogP contribution < -0.4 is 5.73 Å². The molecule has 1 aromatic rings. The third kappa shape index (κ3) is 3.10. The summed E-state index contributed by atoms with van der Waals surface area (Å²) in [6.07, 6.45) is 1.91. The number of aryl methyl sites for hydroxylation is 1. The van der Waals surface area contributed by atoms with Gasteiger partial charge in [0.1, 0.15) is 0 Å². The van der Waals surface area contributed by atoms with E-state index in [1.165, 1.54) is 5.56 Å². The van der Waals surface area contributed by atoms with Gasteiger partial charge in [-0.15, -0.1) is 0 Å². The Balaban J connectivity index is 2.79. The molecular weight excluding hydrogens is 230 g/mol. The number of benzene rings is 1. The lowest BCUT2D eigenvalue weighted by Gasteiger charge is -2.06. The predicted molar refractivity (Wildman–Crippen MR) is 57.4 cm³/mol. The van der Waals surface area contributed by atoms with Crippen molar-refractivity contribution in [2.75, 3.05) is 6.54 Å². The minimum absolute atomic E-state index is 0.0966. The summed E-state index contributed by atoms with van der Waals surface area (Å²) in [6, 6.07) is 5.97. The Bertz CT molecular complexity index is 276. The molecule has 0 aliphatic rings. The highest BCUT2D eigenvalue weighted by Gasteiger charge is 2.01. The van der Waals surface area contributed by atoms with Gasteiger partial charge in [0.15, 0.2) is 0 Å². The quantitative estimate of drug-likeness (QED) is 0.848. The predicted octanol–water partition coefficient (Wildman–Crippen LogP) is 1.83. The fraction of sp³-hybridized carbons (Fsp3) is 0.400. The molecule has 0 unspecified atom stereocenters. The second-order valence-electron chi connectivity index (χ2n) is 2.96. The fourth-order valence-electron chi connectivity index (χ4n) is 1.28. The summed E-state index contributed by atoms with van der Waals surface area (Å²) in [5.74, 6) is 0. The Kier molecular flexibility index (Phi) is 4.42. The maximum absolute atomic E-state index is 9.09. The van der Waals surface area contributed by atoms with Crippen LogP contribution in [0.4, 0.5) is 0 Å². The first kappa shape index (κ1) is 10.7. The monoisotopic (exact) mass is 243 g/mol. The number of hydrogen-bond acceptors (Lipinski definition) is 2. The third-order valence-electron chi connectivity index (χ3n) is 1.99. The summed E-state index contributed by atoms with van der Waals surface area (Å²) in [5, 5.41) is 9.09. The average Bonchev–Trinajstić information content (AvgIpc) is 2.16. The molecular formula is C10H14BrNO. The van der Waals surface area contributed by atoms with E-state index in [2.05, 4.69) is 15.9 Å². The second-order valence-corrected chi connectivity index (χ2v) is 3.88. The van der Waals surface area contributed by atoms with Crippen LogP contribution in [0.25, 0.3) is 0 Å². The smallest absolute Gasteiger partial charge is 0.0684 e. The molecule has 0 atom stereocenters. The van der Waals surface area contributed by atoms with E-state index in [4.69, 9.17) is 10.8 Å². The standard InChI is InChI=1S/C10H14BrNO/c11-10-4-3-8(2-1-5-12)9(6-10)7-13/h3-4,6,13H,1-2,5,7,12H2. The van der Waals surface area contributed by atoms with Crippen LogP contribution >= 0.6 is 15.9 Å². The van der Waals surface area contributed by atoms with E-state index < -0.39 is 0 Å². The summed E-state index contributed by atoms with van der Waals surface area (Å²) < 4.78 is 1.01. The molecule has 0 saturated carbocycles. The summed E-state index contributed by atoms with van der Waals surface area (Å²) in [5.41, 5.74) is 7.61. The molecule has 2 nitrogen and oxygen atoms in total. The zero-order valence-corrected chi connectivity index (χ0v) is 9.05. The lowest BCUT2D eigenvalue weighted by molar-refractivity contribution is 0.280. The first-order valence-electron chi connectivity index (χ1n) is 4.36. The van der Waals surface area contributed by atoms with Crippen LogP contribution in [0, 0.1) is 0 Å². The lowest BCUT2D eigenvalue weighted by atomic mass is 10.0. The van der Waals surface area contributed by atoms with E-state index in [1.807, 2.05) is 18.2 Å². The summed E-state index contributed by atoms with van der Waals surface area (Å²) in [6.45, 7) is 0.792. The average molecular weight is 244 g/mol. The molecule has 13 heavy (non-hydrogen) atoms. The van der Waals surface area contributed by atoms with Crippen LogP contribution in [0.5, 0.6) is 0 Å². The molecule has 72 valence electrons. The van der Waals surface area contributed by atoms with Crippen molar-refractivity contribution in [3.05, 3.63) is 33.8 Å². The molecule has 0 heterocycles. The zero-order valence-electron chi connectivity index (χ0n) is 7.46. The first-order valence-corrected chi connectivity index (χ1v) is 5.15. The lowest BCUT2D eigenvalue weighted by Crippen LogP contribution is -2.02.